The number of thioether (sulfide) groups is 1. The predicted octanol–water partition coefficient (Wildman–Crippen LogP) is 4.72. The Hall–Kier alpha value is -3.13. The fourth-order valence-corrected chi connectivity index (χ4v) is 3.95. The SMILES string of the molecule is Cc1occc1-c1nnc(SC(c2ccc(F)cc2)c2ccc(F)cc2)n1N. The number of rotatable bonds is 5. The van der Waals surface area contributed by atoms with Crippen LogP contribution in [0.3, 0.4) is 0 Å². The summed E-state index contributed by atoms with van der Waals surface area (Å²) in [7, 11) is 0. The Bertz CT molecular complexity index is 1040. The van der Waals surface area contributed by atoms with Crippen LogP contribution in [0.15, 0.2) is 70.4 Å². The van der Waals surface area contributed by atoms with E-state index >= 15 is 0 Å². The van der Waals surface area contributed by atoms with Crippen LogP contribution < -0.4 is 5.84 Å². The van der Waals surface area contributed by atoms with E-state index in [4.69, 9.17) is 10.3 Å². The lowest BCUT2D eigenvalue weighted by Crippen LogP contribution is -2.12. The Kier molecular flexibility index (Phi) is 4.87. The number of benzene rings is 2. The number of nitrogens with two attached hydrogens (primary N) is 1. The van der Waals surface area contributed by atoms with Gasteiger partial charge in [-0.3, -0.25) is 0 Å². The van der Waals surface area contributed by atoms with E-state index in [0.717, 1.165) is 16.7 Å². The Labute approximate surface area is 164 Å². The van der Waals surface area contributed by atoms with Crippen LogP contribution in [-0.2, 0) is 0 Å². The summed E-state index contributed by atoms with van der Waals surface area (Å²) >= 11 is 1.35. The first-order chi connectivity index (χ1) is 13.5. The van der Waals surface area contributed by atoms with Crippen LogP contribution in [0.5, 0.6) is 0 Å². The van der Waals surface area contributed by atoms with E-state index < -0.39 is 0 Å². The highest BCUT2D eigenvalue weighted by Crippen LogP contribution is 2.40. The van der Waals surface area contributed by atoms with Crippen molar-refractivity contribution >= 4 is 11.8 Å². The van der Waals surface area contributed by atoms with E-state index in [-0.39, 0.29) is 16.9 Å². The summed E-state index contributed by atoms with van der Waals surface area (Å²) in [4.78, 5) is 0. The summed E-state index contributed by atoms with van der Waals surface area (Å²) in [5.74, 6) is 6.73. The van der Waals surface area contributed by atoms with Gasteiger partial charge >= 0.3 is 0 Å². The van der Waals surface area contributed by atoms with Gasteiger partial charge in [0.15, 0.2) is 5.82 Å². The molecule has 2 aromatic carbocycles. The smallest absolute Gasteiger partial charge is 0.211 e. The number of furan rings is 1. The summed E-state index contributed by atoms with van der Waals surface area (Å²) in [6.07, 6.45) is 1.56. The monoisotopic (exact) mass is 398 g/mol. The van der Waals surface area contributed by atoms with Gasteiger partial charge < -0.3 is 10.3 Å². The van der Waals surface area contributed by atoms with Crippen LogP contribution in [-0.4, -0.2) is 14.9 Å². The zero-order chi connectivity index (χ0) is 19.7. The Balaban J connectivity index is 1.72. The first kappa shape index (κ1) is 18.2. The van der Waals surface area contributed by atoms with Gasteiger partial charge in [0, 0.05) is 0 Å². The average molecular weight is 398 g/mol. The molecule has 4 rings (SSSR count). The molecule has 5 nitrogen and oxygen atoms in total. The second kappa shape index (κ2) is 7.47. The number of aryl methyl sites for hydroxylation is 1. The largest absolute Gasteiger partial charge is 0.469 e. The molecule has 0 saturated heterocycles. The van der Waals surface area contributed by atoms with Gasteiger partial charge in [0.25, 0.3) is 0 Å². The summed E-state index contributed by atoms with van der Waals surface area (Å²) in [5, 5.41) is 8.57. The lowest BCUT2D eigenvalue weighted by atomic mass is 10.0. The average Bonchev–Trinajstić information content (AvgIpc) is 3.27. The Morgan fingerprint density at radius 1 is 0.929 bits per heavy atom. The summed E-state index contributed by atoms with van der Waals surface area (Å²) in [6.45, 7) is 1.82. The zero-order valence-electron chi connectivity index (χ0n) is 14.8. The molecule has 0 aliphatic heterocycles. The molecule has 0 atom stereocenters. The molecule has 142 valence electrons. The molecule has 2 heterocycles. The van der Waals surface area contributed by atoms with E-state index in [1.807, 2.05) is 6.92 Å². The molecule has 0 saturated carbocycles. The third-order valence-corrected chi connectivity index (χ3v) is 5.60. The summed E-state index contributed by atoms with van der Waals surface area (Å²) < 4.78 is 33.5. The Morgan fingerprint density at radius 2 is 1.50 bits per heavy atom. The minimum absolute atomic E-state index is 0.272. The van der Waals surface area contributed by atoms with Gasteiger partial charge in [-0.05, 0) is 48.4 Å². The first-order valence-corrected chi connectivity index (χ1v) is 9.33. The molecule has 4 aromatic rings. The maximum absolute atomic E-state index is 13.4. The van der Waals surface area contributed by atoms with E-state index in [1.165, 1.54) is 40.7 Å². The highest BCUT2D eigenvalue weighted by molar-refractivity contribution is 7.99. The van der Waals surface area contributed by atoms with Gasteiger partial charge in [-0.1, -0.05) is 36.0 Å². The molecule has 0 aliphatic carbocycles. The molecule has 0 amide bonds. The Morgan fingerprint density at radius 3 is 2.00 bits per heavy atom. The lowest BCUT2D eigenvalue weighted by Gasteiger charge is -2.17. The normalized spacial score (nSPS) is 11.3. The van der Waals surface area contributed by atoms with Crippen molar-refractivity contribution in [2.45, 2.75) is 17.3 Å². The van der Waals surface area contributed by atoms with Gasteiger partial charge in [-0.15, -0.1) is 10.2 Å². The van der Waals surface area contributed by atoms with E-state index in [9.17, 15) is 8.78 Å². The van der Waals surface area contributed by atoms with Crippen molar-refractivity contribution in [3.05, 3.63) is 89.4 Å². The number of hydrogen-bond acceptors (Lipinski definition) is 5. The van der Waals surface area contributed by atoms with Crippen LogP contribution in [0.1, 0.15) is 22.1 Å². The maximum atomic E-state index is 13.4. The van der Waals surface area contributed by atoms with Crippen LogP contribution in [0.25, 0.3) is 11.4 Å². The van der Waals surface area contributed by atoms with Crippen molar-refractivity contribution in [2.24, 2.45) is 0 Å². The van der Waals surface area contributed by atoms with E-state index in [1.54, 1.807) is 36.6 Å². The molecule has 0 bridgehead atoms. The molecule has 8 heteroatoms. The van der Waals surface area contributed by atoms with Crippen molar-refractivity contribution in [3.63, 3.8) is 0 Å². The van der Waals surface area contributed by atoms with Crippen molar-refractivity contribution < 1.29 is 13.2 Å². The van der Waals surface area contributed by atoms with Gasteiger partial charge in [-0.2, -0.15) is 0 Å². The molecule has 0 spiro atoms. The van der Waals surface area contributed by atoms with Gasteiger partial charge in [0.2, 0.25) is 5.16 Å². The molecule has 0 unspecified atom stereocenters. The number of nitrogen functional groups attached to an aromatic ring is 1. The fourth-order valence-electron chi connectivity index (χ4n) is 2.87. The zero-order valence-corrected chi connectivity index (χ0v) is 15.7. The molecular formula is C20H16F2N4OS. The number of nitrogens with zero attached hydrogens (tertiary/aromatic N) is 3. The minimum atomic E-state index is -0.327. The molecule has 2 N–H and O–H groups in total. The van der Waals surface area contributed by atoms with E-state index in [0.29, 0.717) is 16.7 Å². The van der Waals surface area contributed by atoms with Gasteiger partial charge in [0.1, 0.15) is 17.4 Å². The second-order valence-corrected chi connectivity index (χ2v) is 7.24. The molecule has 0 fully saturated rings. The first-order valence-electron chi connectivity index (χ1n) is 8.45. The van der Waals surface area contributed by atoms with Crippen LogP contribution in [0.4, 0.5) is 8.78 Å². The standard InChI is InChI=1S/C20H16F2N4OS/c1-12-17(10-11-27-12)19-24-25-20(26(19)23)28-18(13-2-6-15(21)7-3-13)14-4-8-16(22)9-5-14/h2-11,18H,23H2,1H3. The molecule has 0 radical (unpaired) electrons. The van der Waals surface area contributed by atoms with Crippen LogP contribution in [0, 0.1) is 18.6 Å². The molecule has 2 aromatic heterocycles. The predicted molar refractivity (Wildman–Crippen MR) is 103 cm³/mol. The second-order valence-electron chi connectivity index (χ2n) is 6.17. The summed E-state index contributed by atoms with van der Waals surface area (Å²) in [6, 6.07) is 14.1. The highest BCUT2D eigenvalue weighted by Gasteiger charge is 2.22. The maximum Gasteiger partial charge on any atom is 0.211 e. The number of aromatic nitrogens is 3. The van der Waals surface area contributed by atoms with Crippen molar-refractivity contribution in [3.8, 4) is 11.4 Å². The molecule has 0 aliphatic rings. The van der Waals surface area contributed by atoms with Gasteiger partial charge in [-0.25, -0.2) is 13.5 Å². The lowest BCUT2D eigenvalue weighted by molar-refractivity contribution is 0.535. The summed E-state index contributed by atoms with van der Waals surface area (Å²) in [5.41, 5.74) is 2.42. The molecule has 28 heavy (non-hydrogen) atoms. The quantitative estimate of drug-likeness (QED) is 0.389. The van der Waals surface area contributed by atoms with Crippen molar-refractivity contribution in [2.75, 3.05) is 5.84 Å². The number of halogens is 2. The minimum Gasteiger partial charge on any atom is -0.469 e. The fraction of sp³-hybridized carbons (Fsp3) is 0.100. The molecular weight excluding hydrogens is 382 g/mol. The highest BCUT2D eigenvalue weighted by atomic mass is 32.2. The van der Waals surface area contributed by atoms with Crippen LogP contribution in [0.2, 0.25) is 0 Å². The topological polar surface area (TPSA) is 69.9 Å². The number of hydrogen-bond donors (Lipinski definition) is 1. The van der Waals surface area contributed by atoms with Gasteiger partial charge in [0.05, 0.1) is 17.1 Å². The van der Waals surface area contributed by atoms with Crippen molar-refractivity contribution in [1.82, 2.24) is 14.9 Å². The third-order valence-electron chi connectivity index (χ3n) is 4.33. The van der Waals surface area contributed by atoms with Crippen LogP contribution >= 0.6 is 11.8 Å². The van der Waals surface area contributed by atoms with Crippen molar-refractivity contribution in [1.29, 1.82) is 0 Å². The van der Waals surface area contributed by atoms with E-state index in [2.05, 4.69) is 10.2 Å². The third kappa shape index (κ3) is 3.50.